The molecule has 0 bridgehead atoms. The molecule has 3 aromatic rings. The third kappa shape index (κ3) is 7.07. The van der Waals surface area contributed by atoms with Gasteiger partial charge in [-0.1, -0.05) is 55.5 Å². The van der Waals surface area contributed by atoms with Crippen LogP contribution in [0.15, 0.2) is 89.8 Å². The van der Waals surface area contributed by atoms with E-state index in [1.165, 1.54) is 17.0 Å². The first kappa shape index (κ1) is 27.7. The zero-order valence-corrected chi connectivity index (χ0v) is 23.3. The molecule has 0 fully saturated rings. The third-order valence-corrected chi connectivity index (χ3v) is 8.14. The molecule has 0 aliphatic carbocycles. The van der Waals surface area contributed by atoms with E-state index >= 15 is 0 Å². The van der Waals surface area contributed by atoms with Crippen LogP contribution in [0.5, 0.6) is 0 Å². The number of hydrogen-bond acceptors (Lipinski definition) is 4. The molecule has 0 aromatic heterocycles. The number of nitrogens with one attached hydrogen (secondary N) is 1. The first-order chi connectivity index (χ1) is 17.2. The Kier molecular flexibility index (Phi) is 9.89. The number of nitrogens with zero attached hydrogens (tertiary/aromatic N) is 2. The van der Waals surface area contributed by atoms with Crippen LogP contribution in [-0.2, 0) is 26.2 Å². The van der Waals surface area contributed by atoms with Crippen molar-refractivity contribution < 1.29 is 18.0 Å². The third-order valence-electron chi connectivity index (χ3n) is 5.64. The van der Waals surface area contributed by atoms with Crippen molar-refractivity contribution in [2.45, 2.75) is 37.8 Å². The van der Waals surface area contributed by atoms with Crippen molar-refractivity contribution in [3.8, 4) is 0 Å². The van der Waals surface area contributed by atoms with Gasteiger partial charge in [0.2, 0.25) is 11.8 Å². The van der Waals surface area contributed by atoms with Gasteiger partial charge in [0.15, 0.2) is 0 Å². The van der Waals surface area contributed by atoms with Gasteiger partial charge in [-0.15, -0.1) is 0 Å². The molecule has 0 unspecified atom stereocenters. The summed E-state index contributed by atoms with van der Waals surface area (Å²) in [6.07, 6.45) is 0.765. The molecule has 0 heterocycles. The van der Waals surface area contributed by atoms with Crippen molar-refractivity contribution in [3.63, 3.8) is 0 Å². The van der Waals surface area contributed by atoms with Gasteiger partial charge in [0.05, 0.1) is 10.6 Å². The van der Waals surface area contributed by atoms with Crippen molar-refractivity contribution in [2.24, 2.45) is 0 Å². The van der Waals surface area contributed by atoms with E-state index in [2.05, 4.69) is 27.9 Å². The van der Waals surface area contributed by atoms with E-state index in [4.69, 9.17) is 0 Å². The average molecular weight is 620 g/mol. The summed E-state index contributed by atoms with van der Waals surface area (Å²) in [5.74, 6) is -0.760. The Morgan fingerprint density at radius 1 is 0.917 bits per heavy atom. The summed E-state index contributed by atoms with van der Waals surface area (Å²) in [6.45, 7) is 3.83. The van der Waals surface area contributed by atoms with E-state index in [0.717, 1.165) is 19.9 Å². The predicted molar refractivity (Wildman–Crippen MR) is 150 cm³/mol. The molecule has 190 valence electrons. The van der Waals surface area contributed by atoms with Crippen molar-refractivity contribution in [1.82, 2.24) is 10.2 Å². The molecule has 0 spiro atoms. The fourth-order valence-electron chi connectivity index (χ4n) is 3.61. The standard InChI is InChI=1S/C27H30IN3O4S/c1-3-18-29-27(33)21(2)30(19-22-10-6-4-7-11-22)26(32)20-31(24-16-14-23(28)15-17-24)36(34,35)25-12-8-5-9-13-25/h4-17,21H,3,18-20H2,1-2H3,(H,29,33)/t21-/m0/s1. The van der Waals surface area contributed by atoms with E-state index in [1.807, 2.05) is 37.3 Å². The number of hydrogen-bond donors (Lipinski definition) is 1. The lowest BCUT2D eigenvalue weighted by molar-refractivity contribution is -0.139. The summed E-state index contributed by atoms with van der Waals surface area (Å²) in [5, 5.41) is 2.84. The van der Waals surface area contributed by atoms with Crippen LogP contribution in [0.2, 0.25) is 0 Å². The van der Waals surface area contributed by atoms with Crippen molar-refractivity contribution in [2.75, 3.05) is 17.4 Å². The first-order valence-electron chi connectivity index (χ1n) is 11.7. The Morgan fingerprint density at radius 2 is 1.50 bits per heavy atom. The number of halogens is 1. The SMILES string of the molecule is CCCNC(=O)[C@H](C)N(Cc1ccccc1)C(=O)CN(c1ccc(I)cc1)S(=O)(=O)c1ccccc1. The Bertz CT molecular complexity index is 1250. The number of carbonyl (C=O) groups is 2. The molecule has 0 radical (unpaired) electrons. The Morgan fingerprint density at radius 3 is 2.08 bits per heavy atom. The van der Waals surface area contributed by atoms with Crippen LogP contribution in [0.1, 0.15) is 25.8 Å². The van der Waals surface area contributed by atoms with Gasteiger partial charge < -0.3 is 10.2 Å². The maximum Gasteiger partial charge on any atom is 0.264 e. The zero-order chi connectivity index (χ0) is 26.1. The number of rotatable bonds is 11. The first-order valence-corrected chi connectivity index (χ1v) is 14.2. The summed E-state index contributed by atoms with van der Waals surface area (Å²) in [6, 6.07) is 23.5. The van der Waals surface area contributed by atoms with Gasteiger partial charge in [-0.25, -0.2) is 8.42 Å². The molecule has 3 aromatic carbocycles. The zero-order valence-electron chi connectivity index (χ0n) is 20.3. The van der Waals surface area contributed by atoms with Gasteiger partial charge in [0, 0.05) is 16.7 Å². The van der Waals surface area contributed by atoms with E-state index in [1.54, 1.807) is 49.4 Å². The van der Waals surface area contributed by atoms with E-state index in [-0.39, 0.29) is 17.3 Å². The minimum absolute atomic E-state index is 0.0831. The van der Waals surface area contributed by atoms with Gasteiger partial charge in [-0.3, -0.25) is 13.9 Å². The second kappa shape index (κ2) is 12.9. The fraction of sp³-hybridized carbons (Fsp3) is 0.259. The molecular weight excluding hydrogens is 589 g/mol. The van der Waals surface area contributed by atoms with Gasteiger partial charge in [0.1, 0.15) is 12.6 Å². The molecule has 9 heteroatoms. The molecule has 0 saturated carbocycles. The van der Waals surface area contributed by atoms with Gasteiger partial charge in [-0.2, -0.15) is 0 Å². The van der Waals surface area contributed by atoms with Crippen molar-refractivity contribution in [1.29, 1.82) is 0 Å². The Hall–Kier alpha value is -2.92. The van der Waals surface area contributed by atoms with Crippen molar-refractivity contribution in [3.05, 3.63) is 94.1 Å². The van der Waals surface area contributed by atoms with Crippen LogP contribution in [0.4, 0.5) is 5.69 Å². The van der Waals surface area contributed by atoms with Crippen LogP contribution in [0, 0.1) is 3.57 Å². The number of anilines is 1. The monoisotopic (exact) mass is 619 g/mol. The highest BCUT2D eigenvalue weighted by atomic mass is 127. The molecule has 2 amide bonds. The molecular formula is C27H30IN3O4S. The molecule has 7 nitrogen and oxygen atoms in total. The largest absolute Gasteiger partial charge is 0.354 e. The second-order valence-electron chi connectivity index (χ2n) is 8.28. The lowest BCUT2D eigenvalue weighted by Crippen LogP contribution is -2.51. The predicted octanol–water partition coefficient (Wildman–Crippen LogP) is 4.43. The number of benzene rings is 3. The van der Waals surface area contributed by atoms with Gasteiger partial charge in [0.25, 0.3) is 10.0 Å². The van der Waals surface area contributed by atoms with Crippen LogP contribution >= 0.6 is 22.6 Å². The Labute approximate surface area is 226 Å². The van der Waals surface area contributed by atoms with Crippen LogP contribution < -0.4 is 9.62 Å². The maximum absolute atomic E-state index is 13.7. The van der Waals surface area contributed by atoms with Crippen molar-refractivity contribution >= 4 is 50.1 Å². The Balaban J connectivity index is 1.98. The van der Waals surface area contributed by atoms with E-state index < -0.39 is 28.5 Å². The lowest BCUT2D eigenvalue weighted by atomic mass is 10.1. The van der Waals surface area contributed by atoms with E-state index in [0.29, 0.717) is 12.2 Å². The van der Waals surface area contributed by atoms with Crippen LogP contribution in [0.3, 0.4) is 0 Å². The number of sulfonamides is 1. The highest BCUT2D eigenvalue weighted by Crippen LogP contribution is 2.25. The molecule has 0 saturated heterocycles. The molecule has 1 atom stereocenters. The average Bonchev–Trinajstić information content (AvgIpc) is 2.90. The number of carbonyl (C=O) groups excluding carboxylic acids is 2. The van der Waals surface area contributed by atoms with Gasteiger partial charge in [-0.05, 0) is 77.9 Å². The van der Waals surface area contributed by atoms with E-state index in [9.17, 15) is 18.0 Å². The summed E-state index contributed by atoms with van der Waals surface area (Å²) in [4.78, 5) is 28.1. The maximum atomic E-state index is 13.7. The highest BCUT2D eigenvalue weighted by Gasteiger charge is 2.32. The molecule has 3 rings (SSSR count). The summed E-state index contributed by atoms with van der Waals surface area (Å²) in [5.41, 5.74) is 1.21. The summed E-state index contributed by atoms with van der Waals surface area (Å²) >= 11 is 2.14. The van der Waals surface area contributed by atoms with Crippen LogP contribution in [-0.4, -0.2) is 44.3 Å². The lowest BCUT2D eigenvalue weighted by Gasteiger charge is -2.32. The molecule has 36 heavy (non-hydrogen) atoms. The minimum Gasteiger partial charge on any atom is -0.354 e. The fourth-order valence-corrected chi connectivity index (χ4v) is 5.41. The topological polar surface area (TPSA) is 86.8 Å². The normalized spacial score (nSPS) is 12.0. The summed E-state index contributed by atoms with van der Waals surface area (Å²) < 4.78 is 29.3. The minimum atomic E-state index is -4.05. The summed E-state index contributed by atoms with van der Waals surface area (Å²) in [7, 11) is -4.05. The quantitative estimate of drug-likeness (QED) is 0.322. The molecule has 0 aliphatic rings. The molecule has 1 N–H and O–H groups in total. The van der Waals surface area contributed by atoms with Crippen LogP contribution in [0.25, 0.3) is 0 Å². The highest BCUT2D eigenvalue weighted by molar-refractivity contribution is 14.1. The van der Waals surface area contributed by atoms with Gasteiger partial charge >= 0.3 is 0 Å². The number of amides is 2. The molecule has 0 aliphatic heterocycles. The smallest absolute Gasteiger partial charge is 0.264 e. The second-order valence-corrected chi connectivity index (χ2v) is 11.4.